The van der Waals surface area contributed by atoms with E-state index in [-0.39, 0.29) is 13.2 Å². The molecule has 1 rings (SSSR count). The second-order valence-electron chi connectivity index (χ2n) is 4.16. The third kappa shape index (κ3) is 6.45. The largest absolute Gasteiger partial charge is 0.490 e. The van der Waals surface area contributed by atoms with Crippen LogP contribution in [0.2, 0.25) is 0 Å². The summed E-state index contributed by atoms with van der Waals surface area (Å²) in [5, 5.41) is 0. The molecule has 1 atom stereocenters. The lowest BCUT2D eigenvalue weighted by molar-refractivity contribution is -0.158. The van der Waals surface area contributed by atoms with Crippen molar-refractivity contribution < 1.29 is 23.8 Å². The molecule has 0 N–H and O–H groups in total. The molecule has 0 fully saturated rings. The number of hydrogen-bond donors (Lipinski definition) is 0. The number of carbonyl (C=O) groups excluding carboxylic acids is 2. The van der Waals surface area contributed by atoms with Gasteiger partial charge < -0.3 is 14.2 Å². The minimum absolute atomic E-state index is 0.0132. The van der Waals surface area contributed by atoms with Crippen LogP contribution >= 0.6 is 0 Å². The molecule has 0 aliphatic rings. The molecule has 0 spiro atoms. The first-order valence-corrected chi connectivity index (χ1v) is 5.97. The van der Waals surface area contributed by atoms with Crippen LogP contribution in [0.1, 0.15) is 19.4 Å². The molecule has 0 aromatic heterocycles. The summed E-state index contributed by atoms with van der Waals surface area (Å²) < 4.78 is 15.3. The molecule has 0 saturated carbocycles. The van der Waals surface area contributed by atoms with E-state index in [0.29, 0.717) is 5.75 Å². The van der Waals surface area contributed by atoms with Gasteiger partial charge in [-0.05, 0) is 24.6 Å². The molecule has 104 valence electrons. The first-order chi connectivity index (χ1) is 8.97. The highest BCUT2D eigenvalue weighted by Gasteiger charge is 2.15. The molecule has 0 aliphatic carbocycles. The topological polar surface area (TPSA) is 61.8 Å². The Balaban J connectivity index is 2.51. The van der Waals surface area contributed by atoms with E-state index in [4.69, 9.17) is 14.2 Å². The van der Waals surface area contributed by atoms with Gasteiger partial charge in [0.1, 0.15) is 19.0 Å². The lowest BCUT2D eigenvalue weighted by Crippen LogP contribution is -2.29. The number of ether oxygens (including phenoxy) is 3. The molecule has 5 heteroatoms. The zero-order chi connectivity index (χ0) is 14.3. The molecule has 0 saturated heterocycles. The fraction of sp³-hybridized carbons (Fsp3) is 0.429. The van der Waals surface area contributed by atoms with Crippen molar-refractivity contribution in [2.45, 2.75) is 26.9 Å². The molecule has 5 nitrogen and oxygen atoms in total. The fourth-order valence-corrected chi connectivity index (χ4v) is 1.46. The van der Waals surface area contributed by atoms with Crippen molar-refractivity contribution in [3.05, 3.63) is 29.8 Å². The zero-order valence-electron chi connectivity index (χ0n) is 11.3. The summed E-state index contributed by atoms with van der Waals surface area (Å²) in [6.45, 7) is 4.67. The van der Waals surface area contributed by atoms with Crippen molar-refractivity contribution in [1.29, 1.82) is 0 Å². The number of rotatable bonds is 6. The van der Waals surface area contributed by atoms with Gasteiger partial charge in [-0.1, -0.05) is 12.1 Å². The molecule has 0 heterocycles. The molecule has 0 amide bonds. The van der Waals surface area contributed by atoms with Crippen LogP contribution < -0.4 is 4.74 Å². The van der Waals surface area contributed by atoms with Crippen molar-refractivity contribution >= 4 is 11.9 Å². The molecule has 19 heavy (non-hydrogen) atoms. The van der Waals surface area contributed by atoms with E-state index in [0.717, 1.165) is 5.56 Å². The Hall–Kier alpha value is -2.04. The van der Waals surface area contributed by atoms with Crippen molar-refractivity contribution in [3.8, 4) is 5.75 Å². The Kier molecular flexibility index (Phi) is 5.85. The van der Waals surface area contributed by atoms with Gasteiger partial charge in [0.05, 0.1) is 0 Å². The summed E-state index contributed by atoms with van der Waals surface area (Å²) >= 11 is 0. The predicted molar refractivity (Wildman–Crippen MR) is 68.9 cm³/mol. The summed E-state index contributed by atoms with van der Waals surface area (Å²) in [5.74, 6) is -0.183. The van der Waals surface area contributed by atoms with Gasteiger partial charge in [0.15, 0.2) is 6.10 Å². The van der Waals surface area contributed by atoms with Crippen LogP contribution in [0.4, 0.5) is 0 Å². The molecule has 1 aromatic carbocycles. The van der Waals surface area contributed by atoms with Gasteiger partial charge >= 0.3 is 11.9 Å². The van der Waals surface area contributed by atoms with Gasteiger partial charge in [-0.25, -0.2) is 0 Å². The molecule has 1 unspecified atom stereocenters. The van der Waals surface area contributed by atoms with E-state index >= 15 is 0 Å². The maximum absolute atomic E-state index is 10.9. The Morgan fingerprint density at radius 3 is 2.47 bits per heavy atom. The van der Waals surface area contributed by atoms with Gasteiger partial charge in [-0.15, -0.1) is 0 Å². The molecule has 0 radical (unpaired) electrons. The number of carbonyl (C=O) groups is 2. The quantitative estimate of drug-likeness (QED) is 0.735. The second kappa shape index (κ2) is 7.41. The lowest BCUT2D eigenvalue weighted by Gasteiger charge is -2.17. The first kappa shape index (κ1) is 15.0. The van der Waals surface area contributed by atoms with E-state index in [1.807, 2.05) is 31.2 Å². The monoisotopic (exact) mass is 266 g/mol. The first-order valence-electron chi connectivity index (χ1n) is 5.97. The minimum Gasteiger partial charge on any atom is -0.490 e. The zero-order valence-corrected chi connectivity index (χ0v) is 11.3. The van der Waals surface area contributed by atoms with Gasteiger partial charge in [0.2, 0.25) is 0 Å². The summed E-state index contributed by atoms with van der Waals surface area (Å²) in [7, 11) is 0. The van der Waals surface area contributed by atoms with Crippen LogP contribution in [0.3, 0.4) is 0 Å². The Bertz CT molecular complexity index is 441. The smallest absolute Gasteiger partial charge is 0.303 e. The molecule has 0 bridgehead atoms. The maximum atomic E-state index is 10.9. The average Bonchev–Trinajstić information content (AvgIpc) is 2.32. The van der Waals surface area contributed by atoms with Gasteiger partial charge in [0, 0.05) is 13.8 Å². The van der Waals surface area contributed by atoms with Gasteiger partial charge in [-0.2, -0.15) is 0 Å². The minimum atomic E-state index is -0.609. The van der Waals surface area contributed by atoms with Crippen molar-refractivity contribution in [1.82, 2.24) is 0 Å². The van der Waals surface area contributed by atoms with Crippen molar-refractivity contribution in [2.75, 3.05) is 13.2 Å². The van der Waals surface area contributed by atoms with E-state index in [9.17, 15) is 9.59 Å². The Morgan fingerprint density at radius 1 is 1.16 bits per heavy atom. The predicted octanol–water partition coefficient (Wildman–Crippen LogP) is 1.87. The van der Waals surface area contributed by atoms with Gasteiger partial charge in [0.25, 0.3) is 0 Å². The van der Waals surface area contributed by atoms with Crippen LogP contribution in [0.15, 0.2) is 24.3 Å². The number of hydrogen-bond acceptors (Lipinski definition) is 5. The van der Waals surface area contributed by atoms with Crippen LogP contribution in [-0.2, 0) is 19.1 Å². The third-order valence-electron chi connectivity index (χ3n) is 2.23. The van der Waals surface area contributed by atoms with E-state index in [2.05, 4.69) is 0 Å². The molecule has 0 aliphatic heterocycles. The summed E-state index contributed by atoms with van der Waals surface area (Å²) in [6, 6.07) is 7.51. The number of esters is 2. The van der Waals surface area contributed by atoms with Crippen LogP contribution in [-0.4, -0.2) is 31.3 Å². The normalized spacial score (nSPS) is 11.5. The van der Waals surface area contributed by atoms with E-state index in [1.165, 1.54) is 13.8 Å². The average molecular weight is 266 g/mol. The maximum Gasteiger partial charge on any atom is 0.303 e. The number of benzene rings is 1. The van der Waals surface area contributed by atoms with Crippen molar-refractivity contribution in [3.63, 3.8) is 0 Å². The molecule has 1 aromatic rings. The van der Waals surface area contributed by atoms with Gasteiger partial charge in [-0.3, -0.25) is 9.59 Å². The van der Waals surface area contributed by atoms with E-state index in [1.54, 1.807) is 0 Å². The Morgan fingerprint density at radius 2 is 1.89 bits per heavy atom. The fourth-order valence-electron chi connectivity index (χ4n) is 1.46. The van der Waals surface area contributed by atoms with Crippen molar-refractivity contribution in [2.24, 2.45) is 0 Å². The third-order valence-corrected chi connectivity index (χ3v) is 2.23. The highest BCUT2D eigenvalue weighted by atomic mass is 16.6. The highest BCUT2D eigenvalue weighted by Crippen LogP contribution is 2.13. The molecular formula is C14H18O5. The summed E-state index contributed by atoms with van der Waals surface area (Å²) in [6.07, 6.45) is -0.609. The SMILES string of the molecule is CC(=O)OCC(COc1cccc(C)c1)OC(C)=O. The Labute approximate surface area is 112 Å². The molecular weight excluding hydrogens is 248 g/mol. The van der Waals surface area contributed by atoms with E-state index < -0.39 is 18.0 Å². The second-order valence-corrected chi connectivity index (χ2v) is 4.16. The summed E-state index contributed by atoms with van der Waals surface area (Å²) in [4.78, 5) is 21.7. The van der Waals surface area contributed by atoms with Crippen LogP contribution in [0.5, 0.6) is 5.75 Å². The summed E-state index contributed by atoms with van der Waals surface area (Å²) in [5.41, 5.74) is 1.07. The standard InChI is InChI=1S/C14H18O5/c1-10-5-4-6-13(7-10)18-9-14(19-12(3)16)8-17-11(2)15/h4-7,14H,8-9H2,1-3H3. The number of aryl methyl sites for hydroxylation is 1. The highest BCUT2D eigenvalue weighted by molar-refractivity contribution is 5.67. The lowest BCUT2D eigenvalue weighted by atomic mass is 10.2. The van der Waals surface area contributed by atoms with Crippen LogP contribution in [0, 0.1) is 6.92 Å². The van der Waals surface area contributed by atoms with Crippen LogP contribution in [0.25, 0.3) is 0 Å².